The first-order chi connectivity index (χ1) is 17.5. The molecule has 13 heteroatoms. The smallest absolute Gasteiger partial charge is 0.308 e. The first kappa shape index (κ1) is 29.0. The average Bonchev–Trinajstić information content (AvgIpc) is 2.85. The summed E-state index contributed by atoms with van der Waals surface area (Å²) in [6.45, 7) is 2.37. The normalized spacial score (nSPS) is 10.7. The van der Waals surface area contributed by atoms with Gasteiger partial charge in [-0.25, -0.2) is 0 Å². The third-order valence-corrected chi connectivity index (χ3v) is 4.98. The van der Waals surface area contributed by atoms with E-state index >= 15 is 0 Å². The van der Waals surface area contributed by atoms with E-state index in [1.165, 1.54) is 32.0 Å². The van der Waals surface area contributed by atoms with Crippen molar-refractivity contribution in [3.05, 3.63) is 57.6 Å². The number of anilines is 1. The van der Waals surface area contributed by atoms with Gasteiger partial charge in [0, 0.05) is 30.9 Å². The van der Waals surface area contributed by atoms with Crippen molar-refractivity contribution in [3.63, 3.8) is 0 Å². The van der Waals surface area contributed by atoms with Crippen LogP contribution in [0.25, 0.3) is 0 Å². The van der Waals surface area contributed by atoms with Crippen molar-refractivity contribution in [2.75, 3.05) is 31.2 Å². The van der Waals surface area contributed by atoms with Crippen molar-refractivity contribution in [2.24, 2.45) is 10.2 Å². The SMILES string of the molecule is CC(=O)COC(=O)CCN(CCC(=O)OCC(C)=O)c1ccc(N=Nc2ccc([N+](=O)[O-])cc2Cl)cc1. The van der Waals surface area contributed by atoms with Gasteiger partial charge in [0.2, 0.25) is 0 Å². The van der Waals surface area contributed by atoms with Gasteiger partial charge in [-0.05, 0) is 44.2 Å². The van der Waals surface area contributed by atoms with Crippen molar-refractivity contribution in [1.82, 2.24) is 0 Å². The van der Waals surface area contributed by atoms with Crippen LogP contribution in [0.2, 0.25) is 5.02 Å². The van der Waals surface area contributed by atoms with Crippen LogP contribution in [0.1, 0.15) is 26.7 Å². The van der Waals surface area contributed by atoms with Gasteiger partial charge in [-0.1, -0.05) is 11.6 Å². The molecule has 0 heterocycles. The van der Waals surface area contributed by atoms with Gasteiger partial charge in [0.25, 0.3) is 5.69 Å². The van der Waals surface area contributed by atoms with Gasteiger partial charge in [-0.3, -0.25) is 29.3 Å². The van der Waals surface area contributed by atoms with Crippen LogP contribution in [0, 0.1) is 10.1 Å². The zero-order valence-corrected chi connectivity index (χ0v) is 21.0. The second-order valence-corrected chi connectivity index (χ2v) is 8.23. The van der Waals surface area contributed by atoms with E-state index in [0.29, 0.717) is 11.4 Å². The number of ether oxygens (including phenoxy) is 2. The molecule has 0 N–H and O–H groups in total. The summed E-state index contributed by atoms with van der Waals surface area (Å²) < 4.78 is 9.77. The number of nitrogens with zero attached hydrogens (tertiary/aromatic N) is 4. The second kappa shape index (κ2) is 14.4. The summed E-state index contributed by atoms with van der Waals surface area (Å²) >= 11 is 6.03. The molecule has 0 atom stereocenters. The Morgan fingerprint density at radius 1 is 0.892 bits per heavy atom. The highest BCUT2D eigenvalue weighted by Crippen LogP contribution is 2.30. The van der Waals surface area contributed by atoms with Crippen molar-refractivity contribution >= 4 is 57.9 Å². The molecule has 0 spiro atoms. The lowest BCUT2D eigenvalue weighted by atomic mass is 10.2. The van der Waals surface area contributed by atoms with E-state index in [1.807, 2.05) is 0 Å². The number of nitro benzene ring substituents is 1. The third-order valence-electron chi connectivity index (χ3n) is 4.67. The maximum absolute atomic E-state index is 12.0. The van der Waals surface area contributed by atoms with E-state index in [1.54, 1.807) is 29.2 Å². The van der Waals surface area contributed by atoms with E-state index in [4.69, 9.17) is 21.1 Å². The molecular weight excluding hydrogens is 508 g/mol. The van der Waals surface area contributed by atoms with Gasteiger partial charge in [0.1, 0.15) is 18.9 Å². The van der Waals surface area contributed by atoms with Crippen LogP contribution in [0.15, 0.2) is 52.7 Å². The van der Waals surface area contributed by atoms with Gasteiger partial charge < -0.3 is 14.4 Å². The number of hydrogen-bond acceptors (Lipinski definition) is 11. The molecule has 2 aromatic carbocycles. The first-order valence-electron chi connectivity index (χ1n) is 11.1. The third kappa shape index (κ3) is 10.5. The molecular formula is C24H25ClN4O8. The van der Waals surface area contributed by atoms with Crippen molar-refractivity contribution in [2.45, 2.75) is 26.7 Å². The molecule has 12 nitrogen and oxygen atoms in total. The summed E-state index contributed by atoms with van der Waals surface area (Å²) in [5, 5.41) is 19.0. The van der Waals surface area contributed by atoms with E-state index in [9.17, 15) is 29.3 Å². The van der Waals surface area contributed by atoms with Crippen LogP contribution in [0.5, 0.6) is 0 Å². The predicted molar refractivity (Wildman–Crippen MR) is 133 cm³/mol. The summed E-state index contributed by atoms with van der Waals surface area (Å²) in [4.78, 5) is 58.0. The summed E-state index contributed by atoms with van der Waals surface area (Å²) in [5.74, 6) is -1.69. The lowest BCUT2D eigenvalue weighted by Crippen LogP contribution is -2.30. The lowest BCUT2D eigenvalue weighted by molar-refractivity contribution is -0.384. The Labute approximate surface area is 217 Å². The van der Waals surface area contributed by atoms with Gasteiger partial charge in [0.05, 0.1) is 28.5 Å². The number of non-ortho nitro benzene ring substituents is 1. The molecule has 0 aliphatic carbocycles. The molecule has 0 aromatic heterocycles. The number of carbonyl (C=O) groups excluding carboxylic acids is 4. The standard InChI is InChI=1S/C24H25ClN4O8/c1-16(30)14-36-23(32)9-11-28(12-10-24(33)37-15-17(2)31)19-5-3-18(4-6-19)26-27-22-8-7-20(29(34)35)13-21(22)25/h3-8,13H,9-12,14-15H2,1-2H3. The number of esters is 2. The number of rotatable bonds is 14. The molecule has 0 aliphatic heterocycles. The largest absolute Gasteiger partial charge is 0.458 e. The Balaban J connectivity index is 2.10. The van der Waals surface area contributed by atoms with Crippen molar-refractivity contribution in [1.29, 1.82) is 0 Å². The highest BCUT2D eigenvalue weighted by atomic mass is 35.5. The van der Waals surface area contributed by atoms with Crippen molar-refractivity contribution in [3.8, 4) is 0 Å². The first-order valence-corrected chi connectivity index (χ1v) is 11.4. The highest BCUT2D eigenvalue weighted by molar-refractivity contribution is 6.33. The number of carbonyl (C=O) groups is 4. The number of hydrogen-bond donors (Lipinski definition) is 0. The fourth-order valence-electron chi connectivity index (χ4n) is 2.86. The molecule has 0 bridgehead atoms. The van der Waals surface area contributed by atoms with Crippen LogP contribution in [0.4, 0.5) is 22.7 Å². The Bertz CT molecular complexity index is 1150. The maximum atomic E-state index is 12.0. The zero-order valence-electron chi connectivity index (χ0n) is 20.2. The monoisotopic (exact) mass is 532 g/mol. The van der Waals surface area contributed by atoms with Crippen LogP contribution >= 0.6 is 11.6 Å². The minimum Gasteiger partial charge on any atom is -0.458 e. The van der Waals surface area contributed by atoms with Gasteiger partial charge in [0.15, 0.2) is 11.6 Å². The Hall–Kier alpha value is -4.19. The van der Waals surface area contributed by atoms with Gasteiger partial charge in [-0.15, -0.1) is 5.11 Å². The summed E-state index contributed by atoms with van der Waals surface area (Å²) in [6, 6.07) is 10.5. The van der Waals surface area contributed by atoms with Crippen LogP contribution in [0.3, 0.4) is 0 Å². The van der Waals surface area contributed by atoms with Crippen LogP contribution in [-0.2, 0) is 28.7 Å². The lowest BCUT2D eigenvalue weighted by Gasteiger charge is -2.24. The van der Waals surface area contributed by atoms with Crippen molar-refractivity contribution < 1.29 is 33.6 Å². The molecule has 37 heavy (non-hydrogen) atoms. The highest BCUT2D eigenvalue weighted by Gasteiger charge is 2.14. The molecule has 0 unspecified atom stereocenters. The van der Waals surface area contributed by atoms with Gasteiger partial charge >= 0.3 is 11.9 Å². The maximum Gasteiger partial charge on any atom is 0.308 e. The van der Waals surface area contributed by atoms with Crippen LogP contribution in [-0.4, -0.2) is 54.7 Å². The summed E-state index contributed by atoms with van der Waals surface area (Å²) in [7, 11) is 0. The fourth-order valence-corrected chi connectivity index (χ4v) is 3.08. The molecule has 2 aromatic rings. The molecule has 0 amide bonds. The minimum atomic E-state index is -0.566. The molecule has 0 saturated carbocycles. The molecule has 0 fully saturated rings. The Kier molecular flexibility index (Phi) is 11.3. The Morgan fingerprint density at radius 3 is 1.89 bits per heavy atom. The zero-order chi connectivity index (χ0) is 27.4. The topological polar surface area (TPSA) is 158 Å². The quantitative estimate of drug-likeness (QED) is 0.147. The molecule has 2 rings (SSSR count). The molecule has 196 valence electrons. The molecule has 0 aliphatic rings. The number of azo groups is 1. The number of ketones is 2. The second-order valence-electron chi connectivity index (χ2n) is 7.82. The number of halogens is 1. The summed E-state index contributed by atoms with van der Waals surface area (Å²) in [6.07, 6.45) is -0.0637. The van der Waals surface area contributed by atoms with E-state index < -0.39 is 16.9 Å². The summed E-state index contributed by atoms with van der Waals surface area (Å²) in [5.41, 5.74) is 1.21. The van der Waals surface area contributed by atoms with E-state index in [2.05, 4.69) is 10.2 Å². The molecule has 0 saturated heterocycles. The number of benzene rings is 2. The van der Waals surface area contributed by atoms with E-state index in [0.717, 1.165) is 0 Å². The number of nitro groups is 1. The molecule has 0 radical (unpaired) electrons. The Morgan fingerprint density at radius 2 is 1.43 bits per heavy atom. The minimum absolute atomic E-state index is 0.0319. The predicted octanol–water partition coefficient (Wildman–Crippen LogP) is 4.51. The van der Waals surface area contributed by atoms with E-state index in [-0.39, 0.29) is 67.1 Å². The number of Topliss-reactive ketones (excluding diaryl/α,β-unsaturated/α-hetero) is 2. The fraction of sp³-hybridized carbons (Fsp3) is 0.333. The van der Waals surface area contributed by atoms with Crippen LogP contribution < -0.4 is 4.90 Å². The van der Waals surface area contributed by atoms with Gasteiger partial charge in [-0.2, -0.15) is 5.11 Å². The average molecular weight is 533 g/mol.